The number of methoxy groups -OCH3 is 1. The fourth-order valence-corrected chi connectivity index (χ4v) is 1.59. The molecule has 0 radical (unpaired) electrons. The van der Waals surface area contributed by atoms with Gasteiger partial charge in [-0.05, 0) is 6.07 Å². The molecule has 1 aromatic carbocycles. The first-order chi connectivity index (χ1) is 8.99. The maximum absolute atomic E-state index is 11.5. The second-order valence-corrected chi connectivity index (χ2v) is 4.00. The predicted octanol–water partition coefficient (Wildman–Crippen LogP) is 2.40. The maximum Gasteiger partial charge on any atom is 0.339 e. The molecule has 0 unspecified atom stereocenters. The summed E-state index contributed by atoms with van der Waals surface area (Å²) in [6.07, 6.45) is 5.53. The Balaban J connectivity index is 3.00. The van der Waals surface area contributed by atoms with Crippen LogP contribution in [0.3, 0.4) is 0 Å². The van der Waals surface area contributed by atoms with Crippen molar-refractivity contribution in [2.45, 2.75) is 12.8 Å². The van der Waals surface area contributed by atoms with Gasteiger partial charge in [0.2, 0.25) is 5.91 Å². The minimum atomic E-state index is -1.16. The van der Waals surface area contributed by atoms with Crippen molar-refractivity contribution < 1.29 is 19.4 Å². The third kappa shape index (κ3) is 3.90. The van der Waals surface area contributed by atoms with Crippen molar-refractivity contribution in [3.05, 3.63) is 22.7 Å². The SMILES string of the molecule is C#CCCC(=O)Nc1cc(OC)c(C(=O)O)cc1Cl. The lowest BCUT2D eigenvalue weighted by Gasteiger charge is -2.11. The highest BCUT2D eigenvalue weighted by Gasteiger charge is 2.15. The monoisotopic (exact) mass is 281 g/mol. The van der Waals surface area contributed by atoms with Gasteiger partial charge >= 0.3 is 5.97 Å². The van der Waals surface area contributed by atoms with E-state index in [2.05, 4.69) is 11.2 Å². The summed E-state index contributed by atoms with van der Waals surface area (Å²) in [6, 6.07) is 2.58. The van der Waals surface area contributed by atoms with Crippen molar-refractivity contribution in [3.63, 3.8) is 0 Å². The van der Waals surface area contributed by atoms with Gasteiger partial charge < -0.3 is 15.2 Å². The van der Waals surface area contributed by atoms with Gasteiger partial charge in [0.15, 0.2) is 0 Å². The highest BCUT2D eigenvalue weighted by Crippen LogP contribution is 2.31. The molecule has 0 bridgehead atoms. The topological polar surface area (TPSA) is 75.6 Å². The molecule has 1 rings (SSSR count). The third-order valence-corrected chi connectivity index (χ3v) is 2.60. The number of rotatable bonds is 5. The molecule has 0 aliphatic heterocycles. The molecule has 100 valence electrons. The summed E-state index contributed by atoms with van der Waals surface area (Å²) in [5.74, 6) is 1.00. The molecule has 0 spiro atoms. The van der Waals surface area contributed by atoms with Crippen LogP contribution in [0.1, 0.15) is 23.2 Å². The average Bonchev–Trinajstić information content (AvgIpc) is 2.38. The average molecular weight is 282 g/mol. The number of hydrogen-bond acceptors (Lipinski definition) is 3. The molecular formula is C13H12ClNO4. The van der Waals surface area contributed by atoms with Crippen molar-refractivity contribution in [1.29, 1.82) is 0 Å². The summed E-state index contributed by atoms with van der Waals surface area (Å²) >= 11 is 5.91. The van der Waals surface area contributed by atoms with Gasteiger partial charge in [-0.3, -0.25) is 4.79 Å². The summed E-state index contributed by atoms with van der Waals surface area (Å²) in [7, 11) is 1.33. The summed E-state index contributed by atoms with van der Waals surface area (Å²) in [6.45, 7) is 0. The largest absolute Gasteiger partial charge is 0.496 e. The van der Waals surface area contributed by atoms with E-state index in [9.17, 15) is 9.59 Å². The number of carboxylic acids is 1. The molecule has 1 aromatic rings. The van der Waals surface area contributed by atoms with Crippen LogP contribution in [0.15, 0.2) is 12.1 Å². The van der Waals surface area contributed by atoms with Crippen LogP contribution >= 0.6 is 11.6 Å². The van der Waals surface area contributed by atoms with Crippen molar-refractivity contribution in [2.75, 3.05) is 12.4 Å². The van der Waals surface area contributed by atoms with Crippen LogP contribution in [0, 0.1) is 12.3 Å². The Morgan fingerprint density at radius 2 is 2.21 bits per heavy atom. The summed E-state index contributed by atoms with van der Waals surface area (Å²) in [5.41, 5.74) is 0.208. The van der Waals surface area contributed by atoms with E-state index in [-0.39, 0.29) is 34.4 Å². The second-order valence-electron chi connectivity index (χ2n) is 3.59. The number of carbonyl (C=O) groups is 2. The van der Waals surface area contributed by atoms with Gasteiger partial charge in [0.1, 0.15) is 11.3 Å². The molecule has 5 nitrogen and oxygen atoms in total. The van der Waals surface area contributed by atoms with E-state index >= 15 is 0 Å². The Hall–Kier alpha value is -2.19. The van der Waals surface area contributed by atoms with Crippen LogP contribution in [0.4, 0.5) is 5.69 Å². The number of carboxylic acid groups (broad SMARTS) is 1. The first-order valence-corrected chi connectivity index (χ1v) is 5.71. The fourth-order valence-electron chi connectivity index (χ4n) is 1.38. The molecule has 1 amide bonds. The van der Waals surface area contributed by atoms with E-state index in [0.29, 0.717) is 6.42 Å². The van der Waals surface area contributed by atoms with E-state index in [0.717, 1.165) is 0 Å². The number of nitrogens with one attached hydrogen (secondary N) is 1. The third-order valence-electron chi connectivity index (χ3n) is 2.29. The number of hydrogen-bond donors (Lipinski definition) is 2. The predicted molar refractivity (Wildman–Crippen MR) is 71.7 cm³/mol. The number of aromatic carboxylic acids is 1. The number of anilines is 1. The van der Waals surface area contributed by atoms with Gasteiger partial charge in [-0.2, -0.15) is 0 Å². The van der Waals surface area contributed by atoms with Crippen LogP contribution in [0.2, 0.25) is 5.02 Å². The standard InChI is InChI=1S/C13H12ClNO4/c1-3-4-5-12(16)15-10-7-11(19-2)8(13(17)18)6-9(10)14/h1,6-7H,4-5H2,2H3,(H,15,16)(H,17,18). The van der Waals surface area contributed by atoms with Crippen LogP contribution in [-0.2, 0) is 4.79 Å². The molecular weight excluding hydrogens is 270 g/mol. The zero-order chi connectivity index (χ0) is 14.4. The normalized spacial score (nSPS) is 9.53. The zero-order valence-electron chi connectivity index (χ0n) is 10.2. The van der Waals surface area contributed by atoms with Gasteiger partial charge in [0.05, 0.1) is 17.8 Å². The van der Waals surface area contributed by atoms with Gasteiger partial charge in [0.25, 0.3) is 0 Å². The molecule has 2 N–H and O–H groups in total. The Morgan fingerprint density at radius 3 is 2.74 bits per heavy atom. The van der Waals surface area contributed by atoms with E-state index in [1.54, 1.807) is 0 Å². The molecule has 0 atom stereocenters. The first-order valence-electron chi connectivity index (χ1n) is 5.33. The van der Waals surface area contributed by atoms with Gasteiger partial charge in [0, 0.05) is 18.9 Å². The summed E-state index contributed by atoms with van der Waals surface area (Å²) in [5, 5.41) is 11.6. The van der Waals surface area contributed by atoms with Crippen molar-refractivity contribution in [2.24, 2.45) is 0 Å². The highest BCUT2D eigenvalue weighted by molar-refractivity contribution is 6.34. The minimum Gasteiger partial charge on any atom is -0.496 e. The minimum absolute atomic E-state index is 0.0749. The van der Waals surface area contributed by atoms with Crippen LogP contribution in [-0.4, -0.2) is 24.1 Å². The lowest BCUT2D eigenvalue weighted by atomic mass is 10.1. The van der Waals surface area contributed by atoms with Crippen LogP contribution in [0.5, 0.6) is 5.75 Å². The molecule has 0 aliphatic carbocycles. The molecule has 6 heteroatoms. The van der Waals surface area contributed by atoms with Crippen molar-refractivity contribution in [3.8, 4) is 18.1 Å². The van der Waals surface area contributed by atoms with Gasteiger partial charge in [-0.1, -0.05) is 11.6 Å². The number of carbonyl (C=O) groups excluding carboxylic acids is 1. The molecule has 0 aliphatic rings. The van der Waals surface area contributed by atoms with Crippen LogP contribution in [0.25, 0.3) is 0 Å². The Labute approximate surface area is 115 Å². The lowest BCUT2D eigenvalue weighted by molar-refractivity contribution is -0.116. The second kappa shape index (κ2) is 6.66. The number of amides is 1. The molecule has 0 aromatic heterocycles. The van der Waals surface area contributed by atoms with E-state index in [1.165, 1.54) is 19.2 Å². The molecule has 0 saturated heterocycles. The maximum atomic E-state index is 11.5. The molecule has 0 fully saturated rings. The van der Waals surface area contributed by atoms with Gasteiger partial charge in [-0.25, -0.2) is 4.79 Å². The molecule has 0 heterocycles. The Kier molecular flexibility index (Phi) is 5.22. The first kappa shape index (κ1) is 14.9. The fraction of sp³-hybridized carbons (Fsp3) is 0.231. The van der Waals surface area contributed by atoms with Gasteiger partial charge in [-0.15, -0.1) is 12.3 Å². The van der Waals surface area contributed by atoms with Crippen molar-refractivity contribution >= 4 is 29.2 Å². The Bertz CT molecular complexity index is 548. The summed E-state index contributed by atoms with van der Waals surface area (Å²) < 4.78 is 4.94. The number of halogens is 1. The van der Waals surface area contributed by atoms with Crippen molar-refractivity contribution in [1.82, 2.24) is 0 Å². The lowest BCUT2D eigenvalue weighted by Crippen LogP contribution is -2.12. The highest BCUT2D eigenvalue weighted by atomic mass is 35.5. The summed E-state index contributed by atoms with van der Waals surface area (Å²) in [4.78, 5) is 22.5. The smallest absolute Gasteiger partial charge is 0.339 e. The zero-order valence-corrected chi connectivity index (χ0v) is 11.0. The Morgan fingerprint density at radius 1 is 1.53 bits per heavy atom. The van der Waals surface area contributed by atoms with Crippen LogP contribution < -0.4 is 10.1 Å². The quantitative estimate of drug-likeness (QED) is 0.813. The van der Waals surface area contributed by atoms with E-state index in [1.807, 2.05) is 0 Å². The number of benzene rings is 1. The number of terminal acetylenes is 1. The molecule has 0 saturated carbocycles. The van der Waals surface area contributed by atoms with E-state index in [4.69, 9.17) is 27.9 Å². The van der Waals surface area contributed by atoms with E-state index < -0.39 is 5.97 Å². The molecule has 19 heavy (non-hydrogen) atoms. The number of ether oxygens (including phenoxy) is 1.